The van der Waals surface area contributed by atoms with E-state index >= 15 is 0 Å². The number of rotatable bonds is 6. The number of carboxylic acids is 1. The van der Waals surface area contributed by atoms with Gasteiger partial charge in [0.1, 0.15) is 10.8 Å². The number of aromatic nitrogens is 3. The van der Waals surface area contributed by atoms with Crippen molar-refractivity contribution >= 4 is 29.0 Å². The largest absolute Gasteiger partial charge is 0.476 e. The van der Waals surface area contributed by atoms with Crippen LogP contribution in [0.5, 0.6) is 0 Å². The van der Waals surface area contributed by atoms with E-state index in [1.165, 1.54) is 16.7 Å². The topological polar surface area (TPSA) is 117 Å². The normalized spacial score (nSPS) is 10.1. The van der Waals surface area contributed by atoms with E-state index in [1.54, 1.807) is 12.1 Å². The number of anilines is 1. The molecule has 0 saturated heterocycles. The molecular formula is C12H13N5O3S. The Morgan fingerprint density at radius 2 is 2.10 bits per heavy atom. The molecule has 0 fully saturated rings. The zero-order chi connectivity index (χ0) is 15.2. The lowest BCUT2D eigenvalue weighted by molar-refractivity contribution is 0.0691. The average Bonchev–Trinajstić information content (AvgIpc) is 2.95. The molecule has 2 heterocycles. The molecule has 8 nitrogen and oxygen atoms in total. The quantitative estimate of drug-likeness (QED) is 0.728. The Balaban J connectivity index is 1.94. The Morgan fingerprint density at radius 1 is 1.29 bits per heavy atom. The first kappa shape index (κ1) is 14.9. The van der Waals surface area contributed by atoms with Gasteiger partial charge in [-0.05, 0) is 19.1 Å². The van der Waals surface area contributed by atoms with E-state index < -0.39 is 5.97 Å². The molecule has 0 saturated carbocycles. The number of nitrogens with one attached hydrogen (secondary N) is 2. The molecule has 0 aliphatic heterocycles. The van der Waals surface area contributed by atoms with Crippen molar-refractivity contribution in [3.63, 3.8) is 0 Å². The van der Waals surface area contributed by atoms with Crippen molar-refractivity contribution in [3.8, 4) is 0 Å². The summed E-state index contributed by atoms with van der Waals surface area (Å²) >= 11 is 1.25. The molecule has 2 aromatic heterocycles. The molecule has 0 spiro atoms. The number of amides is 1. The first-order valence-electron chi connectivity index (χ1n) is 6.13. The third-order valence-corrected chi connectivity index (χ3v) is 3.27. The standard InChI is InChI=1S/C12H13N5O3S/c1-2-13-11(18)7-3-4-9(17-16-7)14-5-10-15-8(6-21-10)12(19)20/h3-4,6H,2,5H2,1H3,(H,13,18)(H,14,17)(H,19,20). The molecule has 2 rings (SSSR count). The van der Waals surface area contributed by atoms with Crippen LogP contribution >= 0.6 is 11.3 Å². The highest BCUT2D eigenvalue weighted by Gasteiger charge is 2.09. The first-order valence-corrected chi connectivity index (χ1v) is 7.01. The van der Waals surface area contributed by atoms with Crippen molar-refractivity contribution in [2.24, 2.45) is 0 Å². The molecule has 0 unspecified atom stereocenters. The van der Waals surface area contributed by atoms with Gasteiger partial charge in [0.05, 0.1) is 6.54 Å². The van der Waals surface area contributed by atoms with Gasteiger partial charge in [-0.1, -0.05) is 0 Å². The summed E-state index contributed by atoms with van der Waals surface area (Å²) in [6.45, 7) is 2.68. The Labute approximate surface area is 124 Å². The summed E-state index contributed by atoms with van der Waals surface area (Å²) < 4.78 is 0. The Bertz CT molecular complexity index is 641. The number of aromatic carboxylic acids is 1. The predicted molar refractivity (Wildman–Crippen MR) is 76.4 cm³/mol. The number of nitrogens with zero attached hydrogens (tertiary/aromatic N) is 3. The zero-order valence-corrected chi connectivity index (χ0v) is 12.0. The van der Waals surface area contributed by atoms with E-state index in [1.807, 2.05) is 6.92 Å². The molecule has 110 valence electrons. The highest BCUT2D eigenvalue weighted by Crippen LogP contribution is 2.12. The van der Waals surface area contributed by atoms with Crippen LogP contribution in [0.25, 0.3) is 0 Å². The van der Waals surface area contributed by atoms with Crippen LogP contribution in [0.2, 0.25) is 0 Å². The van der Waals surface area contributed by atoms with Crippen molar-refractivity contribution in [2.75, 3.05) is 11.9 Å². The van der Waals surface area contributed by atoms with Gasteiger partial charge in [0.2, 0.25) is 0 Å². The summed E-state index contributed by atoms with van der Waals surface area (Å²) in [6, 6.07) is 3.19. The lowest BCUT2D eigenvalue weighted by Crippen LogP contribution is -2.24. The molecule has 0 atom stereocenters. The first-order chi connectivity index (χ1) is 10.1. The minimum atomic E-state index is -1.05. The van der Waals surface area contributed by atoms with Gasteiger partial charge in [-0.25, -0.2) is 9.78 Å². The van der Waals surface area contributed by atoms with E-state index in [4.69, 9.17) is 5.11 Å². The maximum absolute atomic E-state index is 11.5. The van der Waals surface area contributed by atoms with Crippen LogP contribution in [0.1, 0.15) is 32.9 Å². The second-order valence-corrected chi connectivity index (χ2v) is 4.89. The Kier molecular flexibility index (Phi) is 4.77. The van der Waals surface area contributed by atoms with Gasteiger partial charge in [0, 0.05) is 11.9 Å². The van der Waals surface area contributed by atoms with E-state index in [-0.39, 0.29) is 17.3 Å². The van der Waals surface area contributed by atoms with Crippen LogP contribution in [0, 0.1) is 0 Å². The van der Waals surface area contributed by atoms with Crippen LogP contribution in [0.4, 0.5) is 5.82 Å². The molecular weight excluding hydrogens is 294 g/mol. The van der Waals surface area contributed by atoms with Crippen molar-refractivity contribution in [3.05, 3.63) is 33.9 Å². The average molecular weight is 307 g/mol. The monoisotopic (exact) mass is 307 g/mol. The van der Waals surface area contributed by atoms with Gasteiger partial charge in [-0.3, -0.25) is 4.79 Å². The summed E-state index contributed by atoms with van der Waals surface area (Å²) in [6.07, 6.45) is 0. The van der Waals surface area contributed by atoms with Gasteiger partial charge in [0.15, 0.2) is 11.4 Å². The number of carbonyl (C=O) groups is 2. The van der Waals surface area contributed by atoms with Crippen molar-refractivity contribution in [1.82, 2.24) is 20.5 Å². The smallest absolute Gasteiger partial charge is 0.355 e. The van der Waals surface area contributed by atoms with Gasteiger partial charge in [0.25, 0.3) is 5.91 Å². The minimum Gasteiger partial charge on any atom is -0.476 e. The zero-order valence-electron chi connectivity index (χ0n) is 11.2. The fourth-order valence-corrected chi connectivity index (χ4v) is 2.16. The summed E-state index contributed by atoms with van der Waals surface area (Å²) in [7, 11) is 0. The minimum absolute atomic E-state index is 0.0227. The number of carbonyl (C=O) groups excluding carboxylic acids is 1. The number of hydrogen-bond donors (Lipinski definition) is 3. The van der Waals surface area contributed by atoms with Crippen molar-refractivity contribution < 1.29 is 14.7 Å². The molecule has 1 amide bonds. The molecule has 2 aromatic rings. The van der Waals surface area contributed by atoms with Gasteiger partial charge >= 0.3 is 5.97 Å². The number of hydrogen-bond acceptors (Lipinski definition) is 7. The molecule has 21 heavy (non-hydrogen) atoms. The van der Waals surface area contributed by atoms with Crippen LogP contribution in [-0.2, 0) is 6.54 Å². The van der Waals surface area contributed by atoms with E-state index in [9.17, 15) is 9.59 Å². The van der Waals surface area contributed by atoms with Crippen LogP contribution < -0.4 is 10.6 Å². The Morgan fingerprint density at radius 3 is 2.67 bits per heavy atom. The molecule has 9 heteroatoms. The second kappa shape index (κ2) is 6.75. The van der Waals surface area contributed by atoms with Crippen LogP contribution in [0.15, 0.2) is 17.5 Å². The lowest BCUT2D eigenvalue weighted by Gasteiger charge is -2.04. The fraction of sp³-hybridized carbons (Fsp3) is 0.250. The highest BCUT2D eigenvalue weighted by atomic mass is 32.1. The van der Waals surface area contributed by atoms with Crippen molar-refractivity contribution in [2.45, 2.75) is 13.5 Å². The lowest BCUT2D eigenvalue weighted by atomic mass is 10.3. The maximum atomic E-state index is 11.5. The third-order valence-electron chi connectivity index (χ3n) is 2.43. The maximum Gasteiger partial charge on any atom is 0.355 e. The third kappa shape index (κ3) is 3.96. The summed E-state index contributed by atoms with van der Waals surface area (Å²) in [5.41, 5.74) is 0.263. The van der Waals surface area contributed by atoms with Crippen LogP contribution in [0.3, 0.4) is 0 Å². The molecule has 3 N–H and O–H groups in total. The fourth-order valence-electron chi connectivity index (χ4n) is 1.46. The second-order valence-electron chi connectivity index (χ2n) is 3.95. The van der Waals surface area contributed by atoms with E-state index in [0.29, 0.717) is 23.9 Å². The Hall–Kier alpha value is -2.55. The number of thiazole rings is 1. The molecule has 0 aliphatic carbocycles. The van der Waals surface area contributed by atoms with Crippen molar-refractivity contribution in [1.29, 1.82) is 0 Å². The molecule has 0 aliphatic rings. The SMILES string of the molecule is CCNC(=O)c1ccc(NCc2nc(C(=O)O)cs2)nn1. The predicted octanol–water partition coefficient (Wildman–Crippen LogP) is 0.993. The molecule has 0 radical (unpaired) electrons. The summed E-state index contributed by atoms with van der Waals surface area (Å²) in [5, 5.41) is 24.1. The number of carboxylic acid groups (broad SMARTS) is 1. The van der Waals surface area contributed by atoms with Crippen LogP contribution in [-0.4, -0.2) is 38.7 Å². The van der Waals surface area contributed by atoms with E-state index in [2.05, 4.69) is 25.8 Å². The molecule has 0 bridgehead atoms. The molecule has 0 aromatic carbocycles. The van der Waals surface area contributed by atoms with Gasteiger partial charge < -0.3 is 15.7 Å². The van der Waals surface area contributed by atoms with E-state index in [0.717, 1.165) is 0 Å². The summed E-state index contributed by atoms with van der Waals surface area (Å²) in [4.78, 5) is 26.1. The van der Waals surface area contributed by atoms with Gasteiger partial charge in [-0.15, -0.1) is 21.5 Å². The summed E-state index contributed by atoms with van der Waals surface area (Å²) in [5.74, 6) is -0.846. The van der Waals surface area contributed by atoms with Gasteiger partial charge in [-0.2, -0.15) is 0 Å². The highest BCUT2D eigenvalue weighted by molar-refractivity contribution is 7.09.